The molecule has 0 aliphatic heterocycles. The third kappa shape index (κ3) is 3.53. The van der Waals surface area contributed by atoms with Crippen molar-refractivity contribution in [3.05, 3.63) is 33.9 Å². The standard InChI is InChI=1S/C11H14N2O4/c1-3-8-4-5-9(6-10(8)13(15)16)12-11(14)7-17-2/h4-6H,3,7H2,1-2H3,(H,12,14). The van der Waals surface area contributed by atoms with Crippen LogP contribution in [0, 0.1) is 10.1 Å². The fraction of sp³-hybridized carbons (Fsp3) is 0.364. The normalized spacial score (nSPS) is 10.0. The van der Waals surface area contributed by atoms with Gasteiger partial charge in [0.25, 0.3) is 5.69 Å². The van der Waals surface area contributed by atoms with E-state index >= 15 is 0 Å². The maximum atomic E-state index is 11.2. The van der Waals surface area contributed by atoms with Crippen LogP contribution in [0.1, 0.15) is 12.5 Å². The van der Waals surface area contributed by atoms with Crippen molar-refractivity contribution in [2.75, 3.05) is 19.0 Å². The molecule has 17 heavy (non-hydrogen) atoms. The smallest absolute Gasteiger partial charge is 0.274 e. The molecule has 6 nitrogen and oxygen atoms in total. The van der Waals surface area contributed by atoms with E-state index in [1.54, 1.807) is 12.1 Å². The van der Waals surface area contributed by atoms with Gasteiger partial charge >= 0.3 is 0 Å². The number of hydrogen-bond acceptors (Lipinski definition) is 4. The second-order valence-corrected chi connectivity index (χ2v) is 3.44. The molecule has 0 radical (unpaired) electrons. The van der Waals surface area contributed by atoms with E-state index in [0.717, 1.165) is 0 Å². The van der Waals surface area contributed by atoms with Crippen molar-refractivity contribution in [3.8, 4) is 0 Å². The summed E-state index contributed by atoms with van der Waals surface area (Å²) in [6.07, 6.45) is 0.572. The molecule has 1 rings (SSSR count). The summed E-state index contributed by atoms with van der Waals surface area (Å²) in [7, 11) is 1.40. The van der Waals surface area contributed by atoms with E-state index < -0.39 is 4.92 Å². The Morgan fingerprint density at radius 2 is 2.24 bits per heavy atom. The average molecular weight is 238 g/mol. The number of nitro benzene ring substituents is 1. The van der Waals surface area contributed by atoms with Crippen molar-refractivity contribution in [3.63, 3.8) is 0 Å². The van der Waals surface area contributed by atoms with Crippen molar-refractivity contribution in [2.24, 2.45) is 0 Å². The number of benzene rings is 1. The number of anilines is 1. The van der Waals surface area contributed by atoms with Crippen LogP contribution in [0.15, 0.2) is 18.2 Å². The van der Waals surface area contributed by atoms with Crippen LogP contribution in [-0.4, -0.2) is 24.5 Å². The summed E-state index contributed by atoms with van der Waals surface area (Å²) in [4.78, 5) is 21.6. The Kier molecular flexibility index (Phi) is 4.59. The summed E-state index contributed by atoms with van der Waals surface area (Å²) < 4.78 is 4.65. The number of rotatable bonds is 5. The number of amides is 1. The van der Waals surface area contributed by atoms with Crippen LogP contribution >= 0.6 is 0 Å². The summed E-state index contributed by atoms with van der Waals surface area (Å²) >= 11 is 0. The third-order valence-electron chi connectivity index (χ3n) is 2.22. The monoisotopic (exact) mass is 238 g/mol. The quantitative estimate of drug-likeness (QED) is 0.625. The molecule has 0 fully saturated rings. The van der Waals surface area contributed by atoms with Crippen LogP contribution in [0.3, 0.4) is 0 Å². The number of methoxy groups -OCH3 is 1. The predicted octanol–water partition coefficient (Wildman–Crippen LogP) is 1.74. The first kappa shape index (κ1) is 13.1. The minimum Gasteiger partial charge on any atom is -0.375 e. The van der Waals surface area contributed by atoms with Crippen molar-refractivity contribution < 1.29 is 14.5 Å². The molecule has 0 saturated heterocycles. The fourth-order valence-electron chi connectivity index (χ4n) is 1.44. The van der Waals surface area contributed by atoms with Gasteiger partial charge in [-0.1, -0.05) is 13.0 Å². The molecular formula is C11H14N2O4. The molecule has 0 atom stereocenters. The highest BCUT2D eigenvalue weighted by molar-refractivity contribution is 5.92. The highest BCUT2D eigenvalue weighted by Crippen LogP contribution is 2.23. The molecule has 0 aliphatic rings. The topological polar surface area (TPSA) is 81.5 Å². The van der Waals surface area contributed by atoms with Gasteiger partial charge in [0.1, 0.15) is 6.61 Å². The summed E-state index contributed by atoms with van der Waals surface area (Å²) in [5, 5.41) is 13.3. The van der Waals surface area contributed by atoms with Gasteiger partial charge in [-0.15, -0.1) is 0 Å². The van der Waals surface area contributed by atoms with E-state index in [1.807, 2.05) is 6.92 Å². The first-order valence-electron chi connectivity index (χ1n) is 5.14. The van der Waals surface area contributed by atoms with Crippen LogP contribution in [0.25, 0.3) is 0 Å². The van der Waals surface area contributed by atoms with E-state index in [9.17, 15) is 14.9 Å². The van der Waals surface area contributed by atoms with Crippen molar-refractivity contribution in [2.45, 2.75) is 13.3 Å². The number of aryl methyl sites for hydroxylation is 1. The molecule has 0 aliphatic carbocycles. The minimum atomic E-state index is -0.454. The molecule has 1 amide bonds. The number of nitrogens with zero attached hydrogens (tertiary/aromatic N) is 1. The molecule has 6 heteroatoms. The number of ether oxygens (including phenoxy) is 1. The fourth-order valence-corrected chi connectivity index (χ4v) is 1.44. The molecule has 0 bridgehead atoms. The van der Waals surface area contributed by atoms with Gasteiger partial charge in [-0.2, -0.15) is 0 Å². The Labute approximate surface area is 98.7 Å². The summed E-state index contributed by atoms with van der Waals surface area (Å²) in [5.41, 5.74) is 1.05. The van der Waals surface area contributed by atoms with Gasteiger partial charge in [0.15, 0.2) is 0 Å². The van der Waals surface area contributed by atoms with Gasteiger partial charge in [0.05, 0.1) is 4.92 Å². The number of nitro groups is 1. The summed E-state index contributed by atoms with van der Waals surface area (Å²) in [6.45, 7) is 1.76. The SMILES string of the molecule is CCc1ccc(NC(=O)COC)cc1[N+](=O)[O-]. The molecule has 0 spiro atoms. The van der Waals surface area contributed by atoms with Crippen molar-refractivity contribution >= 4 is 17.3 Å². The van der Waals surface area contributed by atoms with Gasteiger partial charge in [-0.3, -0.25) is 14.9 Å². The zero-order chi connectivity index (χ0) is 12.8. The lowest BCUT2D eigenvalue weighted by atomic mass is 10.1. The molecular weight excluding hydrogens is 224 g/mol. The Balaban J connectivity index is 2.92. The van der Waals surface area contributed by atoms with E-state index in [-0.39, 0.29) is 18.2 Å². The molecule has 0 aromatic heterocycles. The second kappa shape index (κ2) is 5.95. The Bertz CT molecular complexity index is 431. The Hall–Kier alpha value is -1.95. The van der Waals surface area contributed by atoms with E-state index in [4.69, 9.17) is 0 Å². The third-order valence-corrected chi connectivity index (χ3v) is 2.22. The van der Waals surface area contributed by atoms with E-state index in [0.29, 0.717) is 17.7 Å². The molecule has 92 valence electrons. The van der Waals surface area contributed by atoms with Crippen LogP contribution in [-0.2, 0) is 16.0 Å². The number of carbonyl (C=O) groups excluding carboxylic acids is 1. The maximum Gasteiger partial charge on any atom is 0.274 e. The first-order chi connectivity index (χ1) is 8.08. The maximum absolute atomic E-state index is 11.2. The van der Waals surface area contributed by atoms with Gasteiger partial charge in [0.2, 0.25) is 5.91 Å². The largest absolute Gasteiger partial charge is 0.375 e. The molecule has 1 aromatic rings. The average Bonchev–Trinajstić information content (AvgIpc) is 2.29. The number of carbonyl (C=O) groups is 1. The van der Waals surface area contributed by atoms with Crippen LogP contribution in [0.2, 0.25) is 0 Å². The first-order valence-corrected chi connectivity index (χ1v) is 5.14. The molecule has 0 heterocycles. The van der Waals surface area contributed by atoms with Crippen LogP contribution in [0.4, 0.5) is 11.4 Å². The highest BCUT2D eigenvalue weighted by Gasteiger charge is 2.13. The molecule has 0 saturated carbocycles. The second-order valence-electron chi connectivity index (χ2n) is 3.44. The zero-order valence-corrected chi connectivity index (χ0v) is 9.73. The lowest BCUT2D eigenvalue weighted by Crippen LogP contribution is -2.17. The predicted molar refractivity (Wildman–Crippen MR) is 63.0 cm³/mol. The summed E-state index contributed by atoms with van der Waals surface area (Å²) in [5.74, 6) is -0.342. The van der Waals surface area contributed by atoms with E-state index in [1.165, 1.54) is 13.2 Å². The number of nitrogens with one attached hydrogen (secondary N) is 1. The molecule has 1 N–H and O–H groups in total. The van der Waals surface area contributed by atoms with Crippen molar-refractivity contribution in [1.29, 1.82) is 0 Å². The van der Waals surface area contributed by atoms with Crippen molar-refractivity contribution in [1.82, 2.24) is 0 Å². The Morgan fingerprint density at radius 1 is 1.53 bits per heavy atom. The van der Waals surface area contributed by atoms with Gasteiger partial charge in [0, 0.05) is 24.4 Å². The molecule has 1 aromatic carbocycles. The van der Waals surface area contributed by atoms with Gasteiger partial charge in [-0.25, -0.2) is 0 Å². The van der Waals surface area contributed by atoms with Crippen LogP contribution in [0.5, 0.6) is 0 Å². The minimum absolute atomic E-state index is 0.0164. The zero-order valence-electron chi connectivity index (χ0n) is 9.73. The summed E-state index contributed by atoms with van der Waals surface area (Å²) in [6, 6.07) is 4.63. The van der Waals surface area contributed by atoms with Gasteiger partial charge in [-0.05, 0) is 12.5 Å². The number of hydrogen-bond donors (Lipinski definition) is 1. The van der Waals surface area contributed by atoms with Gasteiger partial charge < -0.3 is 10.1 Å². The Morgan fingerprint density at radius 3 is 2.76 bits per heavy atom. The lowest BCUT2D eigenvalue weighted by molar-refractivity contribution is -0.385. The van der Waals surface area contributed by atoms with Crippen LogP contribution < -0.4 is 5.32 Å². The van der Waals surface area contributed by atoms with E-state index in [2.05, 4.69) is 10.1 Å². The molecule has 0 unspecified atom stereocenters. The lowest BCUT2D eigenvalue weighted by Gasteiger charge is -2.06. The highest BCUT2D eigenvalue weighted by atomic mass is 16.6.